The lowest BCUT2D eigenvalue weighted by Gasteiger charge is -2.11. The molecule has 0 radical (unpaired) electrons. The van der Waals surface area contributed by atoms with E-state index in [1.165, 1.54) is 0 Å². The van der Waals surface area contributed by atoms with Crippen molar-refractivity contribution < 1.29 is 9.59 Å². The molecule has 0 bridgehead atoms. The fourth-order valence-corrected chi connectivity index (χ4v) is 2.66. The van der Waals surface area contributed by atoms with Crippen LogP contribution < -0.4 is 10.6 Å². The summed E-state index contributed by atoms with van der Waals surface area (Å²) in [6, 6.07) is 16.3. The van der Waals surface area contributed by atoms with Crippen molar-refractivity contribution in [3.05, 3.63) is 78.1 Å². The number of nitrogens with one attached hydrogen (secondary N) is 2. The van der Waals surface area contributed by atoms with E-state index in [1.807, 2.05) is 24.4 Å². The summed E-state index contributed by atoms with van der Waals surface area (Å²) in [4.78, 5) is 24.9. The Morgan fingerprint density at radius 1 is 0.962 bits per heavy atom. The van der Waals surface area contributed by atoms with E-state index in [-0.39, 0.29) is 17.9 Å². The molecule has 1 aromatic heterocycles. The number of para-hydroxylation sites is 1. The monoisotopic (exact) mass is 346 g/mol. The standard InChI is InChI=1S/C20H18N4O2/c25-19(14-6-10-16(11-7-14)24-13-3-12-21-24)23-18-5-2-1-4-17(18)20(26)22-15-8-9-15/h1-7,10-13,15H,8-9H2,(H,22,26)(H,23,25). The van der Waals surface area contributed by atoms with E-state index in [4.69, 9.17) is 0 Å². The first-order valence-electron chi connectivity index (χ1n) is 8.52. The van der Waals surface area contributed by atoms with Gasteiger partial charge in [-0.3, -0.25) is 9.59 Å². The zero-order valence-corrected chi connectivity index (χ0v) is 14.1. The molecule has 26 heavy (non-hydrogen) atoms. The Balaban J connectivity index is 1.50. The highest BCUT2D eigenvalue weighted by Crippen LogP contribution is 2.22. The summed E-state index contributed by atoms with van der Waals surface area (Å²) < 4.78 is 1.72. The molecule has 0 spiro atoms. The Kier molecular flexibility index (Phi) is 4.23. The highest BCUT2D eigenvalue weighted by Gasteiger charge is 2.25. The van der Waals surface area contributed by atoms with Crippen LogP contribution in [0, 0.1) is 0 Å². The van der Waals surface area contributed by atoms with Gasteiger partial charge in [0.2, 0.25) is 0 Å². The van der Waals surface area contributed by atoms with E-state index >= 15 is 0 Å². The minimum absolute atomic E-state index is 0.155. The fourth-order valence-electron chi connectivity index (χ4n) is 2.66. The van der Waals surface area contributed by atoms with Crippen LogP contribution in [0.3, 0.4) is 0 Å². The maximum atomic E-state index is 12.6. The van der Waals surface area contributed by atoms with Gasteiger partial charge >= 0.3 is 0 Å². The molecule has 1 heterocycles. The smallest absolute Gasteiger partial charge is 0.255 e. The van der Waals surface area contributed by atoms with Crippen LogP contribution in [0.15, 0.2) is 67.0 Å². The molecule has 1 aliphatic rings. The summed E-state index contributed by atoms with van der Waals surface area (Å²) in [5, 5.41) is 9.94. The topological polar surface area (TPSA) is 76.0 Å². The number of carbonyl (C=O) groups is 2. The predicted molar refractivity (Wildman–Crippen MR) is 98.4 cm³/mol. The van der Waals surface area contributed by atoms with Gasteiger partial charge in [-0.2, -0.15) is 5.10 Å². The molecular formula is C20H18N4O2. The SMILES string of the molecule is O=C(Nc1ccccc1C(=O)NC1CC1)c1ccc(-n2cccn2)cc1. The minimum Gasteiger partial charge on any atom is -0.349 e. The first-order valence-corrected chi connectivity index (χ1v) is 8.52. The zero-order valence-electron chi connectivity index (χ0n) is 14.1. The van der Waals surface area contributed by atoms with E-state index in [1.54, 1.807) is 47.3 Å². The normalized spacial score (nSPS) is 13.2. The maximum Gasteiger partial charge on any atom is 0.255 e. The van der Waals surface area contributed by atoms with Gasteiger partial charge in [0, 0.05) is 24.0 Å². The van der Waals surface area contributed by atoms with Crippen molar-refractivity contribution in [1.29, 1.82) is 0 Å². The Labute approximate surface area is 150 Å². The van der Waals surface area contributed by atoms with Gasteiger partial charge in [0.15, 0.2) is 0 Å². The van der Waals surface area contributed by atoms with Gasteiger partial charge in [0.1, 0.15) is 0 Å². The number of rotatable bonds is 5. The molecule has 0 aliphatic heterocycles. The van der Waals surface area contributed by atoms with Gasteiger partial charge in [-0.15, -0.1) is 0 Å². The van der Waals surface area contributed by atoms with Crippen molar-refractivity contribution >= 4 is 17.5 Å². The minimum atomic E-state index is -0.260. The average Bonchev–Trinajstić information content (AvgIpc) is 3.31. The quantitative estimate of drug-likeness (QED) is 0.746. The van der Waals surface area contributed by atoms with Gasteiger partial charge in [0.25, 0.3) is 11.8 Å². The molecular weight excluding hydrogens is 328 g/mol. The maximum absolute atomic E-state index is 12.6. The van der Waals surface area contributed by atoms with Gasteiger partial charge in [-0.1, -0.05) is 12.1 Å². The molecule has 6 heteroatoms. The Morgan fingerprint density at radius 2 is 1.73 bits per heavy atom. The highest BCUT2D eigenvalue weighted by atomic mass is 16.2. The number of carbonyl (C=O) groups excluding carboxylic acids is 2. The van der Waals surface area contributed by atoms with Crippen molar-refractivity contribution in [1.82, 2.24) is 15.1 Å². The molecule has 1 fully saturated rings. The third-order valence-corrected chi connectivity index (χ3v) is 4.23. The van der Waals surface area contributed by atoms with Crippen LogP contribution in [0.5, 0.6) is 0 Å². The van der Waals surface area contributed by atoms with Gasteiger partial charge in [0.05, 0.1) is 16.9 Å². The summed E-state index contributed by atoms with van der Waals surface area (Å²) in [6.07, 6.45) is 5.57. The summed E-state index contributed by atoms with van der Waals surface area (Å²) >= 11 is 0. The van der Waals surface area contributed by atoms with Crippen LogP contribution in [0.4, 0.5) is 5.69 Å². The third kappa shape index (κ3) is 3.49. The van der Waals surface area contributed by atoms with Crippen molar-refractivity contribution in [3.63, 3.8) is 0 Å². The highest BCUT2D eigenvalue weighted by molar-refractivity contribution is 6.09. The Hall–Kier alpha value is -3.41. The zero-order chi connectivity index (χ0) is 17.9. The number of amides is 2. The predicted octanol–water partition coefficient (Wildman–Crippen LogP) is 3.02. The number of hydrogen-bond acceptors (Lipinski definition) is 3. The molecule has 0 saturated heterocycles. The molecule has 2 amide bonds. The second-order valence-corrected chi connectivity index (χ2v) is 6.24. The van der Waals surface area contributed by atoms with Crippen molar-refractivity contribution in [2.75, 3.05) is 5.32 Å². The largest absolute Gasteiger partial charge is 0.349 e. The second kappa shape index (κ2) is 6.84. The number of aromatic nitrogens is 2. The van der Waals surface area contributed by atoms with Crippen LogP contribution in [-0.4, -0.2) is 27.6 Å². The van der Waals surface area contributed by atoms with Crippen LogP contribution in [-0.2, 0) is 0 Å². The molecule has 2 aromatic carbocycles. The lowest BCUT2D eigenvalue weighted by atomic mass is 10.1. The molecule has 1 saturated carbocycles. The number of anilines is 1. The lowest BCUT2D eigenvalue weighted by molar-refractivity contribution is 0.0952. The Morgan fingerprint density at radius 3 is 2.42 bits per heavy atom. The van der Waals surface area contributed by atoms with E-state index in [9.17, 15) is 9.59 Å². The van der Waals surface area contributed by atoms with Gasteiger partial charge in [-0.05, 0) is 55.3 Å². The summed E-state index contributed by atoms with van der Waals surface area (Å²) in [5.41, 5.74) is 2.36. The van der Waals surface area contributed by atoms with E-state index in [0.717, 1.165) is 18.5 Å². The number of nitrogens with zero attached hydrogens (tertiary/aromatic N) is 2. The van der Waals surface area contributed by atoms with Crippen LogP contribution in [0.1, 0.15) is 33.6 Å². The number of hydrogen-bond donors (Lipinski definition) is 2. The van der Waals surface area contributed by atoms with Crippen molar-refractivity contribution in [2.24, 2.45) is 0 Å². The second-order valence-electron chi connectivity index (χ2n) is 6.24. The van der Waals surface area contributed by atoms with Crippen LogP contribution >= 0.6 is 0 Å². The molecule has 1 aliphatic carbocycles. The van der Waals surface area contributed by atoms with Crippen LogP contribution in [0.2, 0.25) is 0 Å². The molecule has 2 N–H and O–H groups in total. The number of benzene rings is 2. The third-order valence-electron chi connectivity index (χ3n) is 4.23. The fraction of sp³-hybridized carbons (Fsp3) is 0.150. The Bertz CT molecular complexity index is 929. The summed E-state index contributed by atoms with van der Waals surface area (Å²) in [6.45, 7) is 0. The molecule has 130 valence electrons. The molecule has 4 rings (SSSR count). The van der Waals surface area contributed by atoms with E-state index in [0.29, 0.717) is 16.8 Å². The molecule has 0 unspecified atom stereocenters. The van der Waals surface area contributed by atoms with E-state index in [2.05, 4.69) is 15.7 Å². The van der Waals surface area contributed by atoms with E-state index < -0.39 is 0 Å². The van der Waals surface area contributed by atoms with Gasteiger partial charge in [-0.25, -0.2) is 4.68 Å². The van der Waals surface area contributed by atoms with Crippen molar-refractivity contribution in [3.8, 4) is 5.69 Å². The molecule has 6 nitrogen and oxygen atoms in total. The lowest BCUT2D eigenvalue weighted by Crippen LogP contribution is -2.27. The van der Waals surface area contributed by atoms with Crippen LogP contribution in [0.25, 0.3) is 5.69 Å². The summed E-state index contributed by atoms with van der Waals surface area (Å²) in [5.74, 6) is -0.416. The summed E-state index contributed by atoms with van der Waals surface area (Å²) in [7, 11) is 0. The molecule has 0 atom stereocenters. The van der Waals surface area contributed by atoms with Gasteiger partial charge < -0.3 is 10.6 Å². The first kappa shape index (κ1) is 16.1. The average molecular weight is 346 g/mol. The first-order chi connectivity index (χ1) is 12.7. The van der Waals surface area contributed by atoms with Crippen molar-refractivity contribution in [2.45, 2.75) is 18.9 Å². The molecule has 3 aromatic rings.